The molecule has 0 radical (unpaired) electrons. The van der Waals surface area contributed by atoms with Crippen molar-refractivity contribution in [3.8, 4) is 5.75 Å². The van der Waals surface area contributed by atoms with Crippen LogP contribution < -0.4 is 15.8 Å². The predicted molar refractivity (Wildman–Crippen MR) is 110 cm³/mol. The zero-order valence-corrected chi connectivity index (χ0v) is 15.4. The Balaban J connectivity index is 1.79. The van der Waals surface area contributed by atoms with Crippen LogP contribution in [-0.4, -0.2) is 17.9 Å². The van der Waals surface area contributed by atoms with Gasteiger partial charge in [-0.1, -0.05) is 11.6 Å². The van der Waals surface area contributed by atoms with Gasteiger partial charge in [0.1, 0.15) is 11.6 Å². The molecule has 0 fully saturated rings. The number of nitrogens with two attached hydrogens (primary N) is 1. The molecule has 6 heteroatoms. The number of nitrogens with one attached hydrogen (secondary N) is 1. The minimum absolute atomic E-state index is 0.161. The van der Waals surface area contributed by atoms with Gasteiger partial charge in [-0.05, 0) is 66.7 Å². The van der Waals surface area contributed by atoms with Crippen LogP contribution in [0.25, 0.3) is 6.08 Å². The lowest BCUT2D eigenvalue weighted by Gasteiger charge is -2.08. The van der Waals surface area contributed by atoms with E-state index in [-0.39, 0.29) is 5.78 Å². The van der Waals surface area contributed by atoms with Crippen LogP contribution in [-0.2, 0) is 0 Å². The fraction of sp³-hybridized carbons (Fsp3) is 0.0476. The number of halogens is 1. The molecule has 0 bridgehead atoms. The number of carbonyl (C=O) groups excluding carboxylic acids is 1. The van der Waals surface area contributed by atoms with Gasteiger partial charge in [0.2, 0.25) is 0 Å². The molecule has 0 spiro atoms. The number of methoxy groups -OCH3 is 1. The molecule has 0 aliphatic rings. The quantitative estimate of drug-likeness (QED) is 0.359. The van der Waals surface area contributed by atoms with Gasteiger partial charge in [-0.25, -0.2) is 4.98 Å². The molecule has 5 nitrogen and oxygen atoms in total. The third kappa shape index (κ3) is 4.65. The normalized spacial score (nSPS) is 10.7. The van der Waals surface area contributed by atoms with Gasteiger partial charge in [-0.3, -0.25) is 4.79 Å². The van der Waals surface area contributed by atoms with Crippen molar-refractivity contribution < 1.29 is 9.53 Å². The molecule has 0 saturated heterocycles. The summed E-state index contributed by atoms with van der Waals surface area (Å²) >= 11 is 5.91. The Kier molecular flexibility index (Phi) is 5.74. The number of nitrogens with zero attached hydrogens (tertiary/aromatic N) is 1. The summed E-state index contributed by atoms with van der Waals surface area (Å²) in [4.78, 5) is 16.8. The first-order valence-corrected chi connectivity index (χ1v) is 8.58. The minimum Gasteiger partial charge on any atom is -0.495 e. The van der Waals surface area contributed by atoms with Crippen molar-refractivity contribution in [2.24, 2.45) is 0 Å². The summed E-state index contributed by atoms with van der Waals surface area (Å²) in [6, 6.07) is 15.9. The number of allylic oxidation sites excluding steroid dienone is 1. The highest BCUT2D eigenvalue weighted by molar-refractivity contribution is 6.30. The van der Waals surface area contributed by atoms with Gasteiger partial charge in [-0.15, -0.1) is 0 Å². The van der Waals surface area contributed by atoms with Gasteiger partial charge < -0.3 is 15.8 Å². The van der Waals surface area contributed by atoms with Crippen molar-refractivity contribution in [3.63, 3.8) is 0 Å². The highest BCUT2D eigenvalue weighted by Gasteiger charge is 2.07. The second-order valence-corrected chi connectivity index (χ2v) is 6.16. The maximum Gasteiger partial charge on any atom is 0.185 e. The number of anilines is 3. The number of pyridine rings is 1. The fourth-order valence-corrected chi connectivity index (χ4v) is 2.60. The number of benzene rings is 2. The van der Waals surface area contributed by atoms with Gasteiger partial charge in [0.15, 0.2) is 5.78 Å². The second kappa shape index (κ2) is 8.38. The summed E-state index contributed by atoms with van der Waals surface area (Å²) in [6.45, 7) is 0. The smallest absolute Gasteiger partial charge is 0.185 e. The van der Waals surface area contributed by atoms with E-state index in [1.165, 1.54) is 13.2 Å². The van der Waals surface area contributed by atoms with Crippen molar-refractivity contribution in [3.05, 3.63) is 83.0 Å². The third-order valence-corrected chi connectivity index (χ3v) is 4.13. The highest BCUT2D eigenvalue weighted by atomic mass is 35.5. The van der Waals surface area contributed by atoms with Gasteiger partial charge in [0.25, 0.3) is 0 Å². The Morgan fingerprint density at radius 2 is 1.96 bits per heavy atom. The average molecular weight is 380 g/mol. The van der Waals surface area contributed by atoms with E-state index in [1.54, 1.807) is 42.6 Å². The lowest BCUT2D eigenvalue weighted by Crippen LogP contribution is -1.99. The number of rotatable bonds is 6. The van der Waals surface area contributed by atoms with E-state index in [1.807, 2.05) is 24.3 Å². The van der Waals surface area contributed by atoms with Crippen LogP contribution in [0.3, 0.4) is 0 Å². The topological polar surface area (TPSA) is 77.2 Å². The summed E-state index contributed by atoms with van der Waals surface area (Å²) in [5.74, 6) is 1.01. The van der Waals surface area contributed by atoms with Crippen molar-refractivity contribution in [1.82, 2.24) is 4.98 Å². The maximum absolute atomic E-state index is 12.4. The lowest BCUT2D eigenvalue weighted by molar-refractivity contribution is 0.104. The van der Waals surface area contributed by atoms with Crippen LogP contribution in [0.1, 0.15) is 15.9 Å². The van der Waals surface area contributed by atoms with Gasteiger partial charge in [-0.2, -0.15) is 0 Å². The van der Waals surface area contributed by atoms with E-state index in [0.717, 1.165) is 11.3 Å². The average Bonchev–Trinajstić information content (AvgIpc) is 2.68. The summed E-state index contributed by atoms with van der Waals surface area (Å²) in [5, 5.41) is 3.88. The summed E-state index contributed by atoms with van der Waals surface area (Å²) in [5.41, 5.74) is 8.40. The Morgan fingerprint density at radius 3 is 2.67 bits per heavy atom. The van der Waals surface area contributed by atoms with Crippen LogP contribution in [0, 0.1) is 0 Å². The first-order chi connectivity index (χ1) is 13.1. The number of aromatic nitrogens is 1. The first kappa shape index (κ1) is 18.5. The van der Waals surface area contributed by atoms with E-state index < -0.39 is 0 Å². The molecular formula is C21H18ClN3O2. The Labute approximate surface area is 162 Å². The molecule has 3 N–H and O–H groups in total. The third-order valence-electron chi connectivity index (χ3n) is 3.87. The van der Waals surface area contributed by atoms with Crippen LogP contribution in [0.5, 0.6) is 5.75 Å². The zero-order valence-electron chi connectivity index (χ0n) is 14.6. The van der Waals surface area contributed by atoms with E-state index in [2.05, 4.69) is 10.3 Å². The fourth-order valence-electron chi connectivity index (χ4n) is 2.48. The monoisotopic (exact) mass is 379 g/mol. The van der Waals surface area contributed by atoms with Crippen LogP contribution >= 0.6 is 11.6 Å². The first-order valence-electron chi connectivity index (χ1n) is 8.20. The predicted octanol–water partition coefficient (Wildman–Crippen LogP) is 4.97. The summed E-state index contributed by atoms with van der Waals surface area (Å²) in [6.07, 6.45) is 4.89. The van der Waals surface area contributed by atoms with Crippen molar-refractivity contribution >= 4 is 40.7 Å². The number of hydrogen-bond donors (Lipinski definition) is 2. The molecule has 2 aromatic carbocycles. The lowest BCUT2D eigenvalue weighted by atomic mass is 10.1. The maximum atomic E-state index is 12.4. The molecule has 0 unspecified atom stereocenters. The number of ether oxygens (including phenoxy) is 1. The molecule has 0 amide bonds. The largest absolute Gasteiger partial charge is 0.495 e. The molecule has 0 aliphatic carbocycles. The van der Waals surface area contributed by atoms with Gasteiger partial charge in [0, 0.05) is 28.0 Å². The standard InChI is InChI=1S/C21H18ClN3O2/c1-27-20-11-5-15(13-18(20)23)19(26)10-4-14-3-2-12-24-21(14)25-17-8-6-16(22)7-9-17/h2-13H,23H2,1H3,(H,24,25). The van der Waals surface area contributed by atoms with Crippen molar-refractivity contribution in [2.75, 3.05) is 18.2 Å². The highest BCUT2D eigenvalue weighted by Crippen LogP contribution is 2.24. The number of hydrogen-bond acceptors (Lipinski definition) is 5. The van der Waals surface area contributed by atoms with Crippen molar-refractivity contribution in [1.29, 1.82) is 0 Å². The molecule has 1 heterocycles. The molecule has 1 aromatic heterocycles. The summed E-state index contributed by atoms with van der Waals surface area (Å²) in [7, 11) is 1.53. The SMILES string of the molecule is COc1ccc(C(=O)C=Cc2cccnc2Nc2ccc(Cl)cc2)cc1N. The molecular weight excluding hydrogens is 362 g/mol. The molecule has 0 saturated carbocycles. The Bertz CT molecular complexity index is 985. The second-order valence-electron chi connectivity index (χ2n) is 5.73. The van der Waals surface area contributed by atoms with E-state index >= 15 is 0 Å². The number of ketones is 1. The summed E-state index contributed by atoms with van der Waals surface area (Å²) < 4.78 is 5.11. The molecule has 3 rings (SSSR count). The van der Waals surface area contributed by atoms with Gasteiger partial charge in [0.05, 0.1) is 12.8 Å². The Morgan fingerprint density at radius 1 is 1.19 bits per heavy atom. The molecule has 136 valence electrons. The van der Waals surface area contributed by atoms with Crippen LogP contribution in [0.15, 0.2) is 66.9 Å². The number of carbonyl (C=O) groups is 1. The van der Waals surface area contributed by atoms with Gasteiger partial charge >= 0.3 is 0 Å². The molecule has 0 aliphatic heterocycles. The van der Waals surface area contributed by atoms with Crippen LogP contribution in [0.2, 0.25) is 5.02 Å². The molecule has 0 atom stereocenters. The Hall–Kier alpha value is -3.31. The van der Waals surface area contributed by atoms with Crippen LogP contribution in [0.4, 0.5) is 17.2 Å². The van der Waals surface area contributed by atoms with Crippen molar-refractivity contribution in [2.45, 2.75) is 0 Å². The van der Waals surface area contributed by atoms with E-state index in [9.17, 15) is 4.79 Å². The molecule has 27 heavy (non-hydrogen) atoms. The molecule has 3 aromatic rings. The number of nitrogen functional groups attached to an aromatic ring is 1. The minimum atomic E-state index is -0.161. The van der Waals surface area contributed by atoms with E-state index in [0.29, 0.717) is 27.8 Å². The zero-order chi connectivity index (χ0) is 19.2. The van der Waals surface area contributed by atoms with E-state index in [4.69, 9.17) is 22.1 Å².